The van der Waals surface area contributed by atoms with Gasteiger partial charge in [0.05, 0.1) is 11.7 Å². The Morgan fingerprint density at radius 1 is 0.935 bits per heavy atom. The predicted molar refractivity (Wildman–Crippen MR) is 130 cm³/mol. The van der Waals surface area contributed by atoms with E-state index in [2.05, 4.69) is 94.0 Å². The summed E-state index contributed by atoms with van der Waals surface area (Å²) in [7, 11) is 2.13. The highest BCUT2D eigenvalue weighted by atomic mass is 79.9. The number of amides is 1. The maximum atomic E-state index is 13.4. The third-order valence-electron chi connectivity index (χ3n) is 6.35. The zero-order valence-electron chi connectivity index (χ0n) is 17.8. The van der Waals surface area contributed by atoms with Crippen LogP contribution in [0.1, 0.15) is 47.3 Å². The molecule has 0 saturated heterocycles. The molecule has 0 fully saturated rings. The van der Waals surface area contributed by atoms with Crippen LogP contribution in [-0.2, 0) is 7.05 Å². The second-order valence-corrected chi connectivity index (χ2v) is 9.10. The number of hydrogen-bond acceptors (Lipinski definition) is 1. The van der Waals surface area contributed by atoms with E-state index in [1.165, 1.54) is 22.2 Å². The molecule has 3 nitrogen and oxygen atoms in total. The summed E-state index contributed by atoms with van der Waals surface area (Å²) >= 11 is 3.56. The molecule has 1 atom stereocenters. The van der Waals surface area contributed by atoms with Gasteiger partial charge in [0, 0.05) is 40.1 Å². The SMILES string of the molecule is CCCCN1C(=O)c2ccccc2[C@@H]1c1c(-c2ccc(Br)cc2)n(C)c2ccccc12. The summed E-state index contributed by atoms with van der Waals surface area (Å²) in [5.74, 6) is 0.142. The van der Waals surface area contributed by atoms with Crippen LogP contribution in [0, 0.1) is 0 Å². The van der Waals surface area contributed by atoms with E-state index in [-0.39, 0.29) is 11.9 Å². The minimum atomic E-state index is -0.0833. The van der Waals surface area contributed by atoms with Crippen molar-refractivity contribution in [1.82, 2.24) is 9.47 Å². The highest BCUT2D eigenvalue weighted by Gasteiger charge is 2.40. The van der Waals surface area contributed by atoms with E-state index in [0.29, 0.717) is 0 Å². The number of para-hydroxylation sites is 1. The third-order valence-corrected chi connectivity index (χ3v) is 6.88. The first kappa shape index (κ1) is 20.1. The smallest absolute Gasteiger partial charge is 0.255 e. The summed E-state index contributed by atoms with van der Waals surface area (Å²) < 4.78 is 3.33. The number of carbonyl (C=O) groups is 1. The molecule has 4 aromatic rings. The largest absolute Gasteiger partial charge is 0.343 e. The summed E-state index contributed by atoms with van der Waals surface area (Å²) in [6.07, 6.45) is 2.05. The van der Waals surface area contributed by atoms with Crippen molar-refractivity contribution in [3.05, 3.63) is 94.0 Å². The van der Waals surface area contributed by atoms with Crippen molar-refractivity contribution >= 4 is 32.7 Å². The van der Waals surface area contributed by atoms with Crippen molar-refractivity contribution in [1.29, 1.82) is 0 Å². The molecular formula is C27H25BrN2O. The van der Waals surface area contributed by atoms with Crippen LogP contribution in [0.15, 0.2) is 77.3 Å². The molecule has 0 bridgehead atoms. The normalized spacial score (nSPS) is 15.6. The lowest BCUT2D eigenvalue weighted by Gasteiger charge is -2.27. The zero-order valence-corrected chi connectivity index (χ0v) is 19.4. The molecule has 0 aliphatic carbocycles. The van der Waals surface area contributed by atoms with E-state index >= 15 is 0 Å². The number of nitrogens with zero attached hydrogens (tertiary/aromatic N) is 2. The van der Waals surface area contributed by atoms with Gasteiger partial charge in [0.25, 0.3) is 5.91 Å². The molecule has 4 heteroatoms. The Bertz CT molecular complexity index is 1270. The molecule has 31 heavy (non-hydrogen) atoms. The van der Waals surface area contributed by atoms with Gasteiger partial charge in [-0.15, -0.1) is 0 Å². The minimum Gasteiger partial charge on any atom is -0.343 e. The van der Waals surface area contributed by atoms with Gasteiger partial charge in [-0.3, -0.25) is 4.79 Å². The first-order chi connectivity index (χ1) is 15.1. The van der Waals surface area contributed by atoms with E-state index < -0.39 is 0 Å². The molecule has 156 valence electrons. The Morgan fingerprint density at radius 2 is 1.65 bits per heavy atom. The molecule has 5 rings (SSSR count). The van der Waals surface area contributed by atoms with Crippen LogP contribution in [0.4, 0.5) is 0 Å². The quantitative estimate of drug-likeness (QED) is 0.308. The van der Waals surface area contributed by atoms with Crippen molar-refractivity contribution in [2.45, 2.75) is 25.8 Å². The lowest BCUT2D eigenvalue weighted by atomic mass is 9.93. The monoisotopic (exact) mass is 472 g/mol. The summed E-state index contributed by atoms with van der Waals surface area (Å²) in [4.78, 5) is 15.5. The molecule has 1 aliphatic heterocycles. The molecule has 0 unspecified atom stereocenters. The maximum absolute atomic E-state index is 13.4. The van der Waals surface area contributed by atoms with Gasteiger partial charge >= 0.3 is 0 Å². The Hall–Kier alpha value is -2.85. The van der Waals surface area contributed by atoms with Crippen LogP contribution in [0.2, 0.25) is 0 Å². The second kappa shape index (κ2) is 8.01. The van der Waals surface area contributed by atoms with Crippen LogP contribution in [-0.4, -0.2) is 21.9 Å². The topological polar surface area (TPSA) is 25.2 Å². The van der Waals surface area contributed by atoms with Gasteiger partial charge in [-0.05, 0) is 41.8 Å². The lowest BCUT2D eigenvalue weighted by Crippen LogP contribution is -2.30. The van der Waals surface area contributed by atoms with Gasteiger partial charge in [-0.25, -0.2) is 0 Å². The molecule has 1 amide bonds. The minimum absolute atomic E-state index is 0.0833. The number of rotatable bonds is 5. The molecule has 1 aromatic heterocycles. The first-order valence-electron chi connectivity index (χ1n) is 10.8. The van der Waals surface area contributed by atoms with Gasteiger partial charge in [-0.1, -0.05) is 77.8 Å². The zero-order chi connectivity index (χ0) is 21.5. The third kappa shape index (κ3) is 3.21. The standard InChI is InChI=1S/C27H25BrN2O/c1-3-4-17-30-26(20-9-5-6-10-21(20)27(30)31)24-22-11-7-8-12-23(22)29(2)25(24)18-13-15-19(28)16-14-18/h5-16,26H,3-4,17H2,1-2H3/t26-/m1/s1. The van der Waals surface area contributed by atoms with E-state index in [4.69, 9.17) is 0 Å². The van der Waals surface area contributed by atoms with Crippen molar-refractivity contribution in [2.24, 2.45) is 7.05 Å². The molecule has 2 heterocycles. The number of aromatic nitrogens is 1. The van der Waals surface area contributed by atoms with Gasteiger partial charge in [0.1, 0.15) is 0 Å². The van der Waals surface area contributed by atoms with E-state index in [0.717, 1.165) is 40.5 Å². The highest BCUT2D eigenvalue weighted by Crippen LogP contribution is 2.46. The van der Waals surface area contributed by atoms with Crippen molar-refractivity contribution in [3.63, 3.8) is 0 Å². The molecule has 0 spiro atoms. The Labute approximate surface area is 191 Å². The van der Waals surface area contributed by atoms with Crippen LogP contribution in [0.25, 0.3) is 22.2 Å². The number of fused-ring (bicyclic) bond motifs is 2. The van der Waals surface area contributed by atoms with Gasteiger partial charge < -0.3 is 9.47 Å². The van der Waals surface area contributed by atoms with Gasteiger partial charge in [0.15, 0.2) is 0 Å². The Balaban J connectivity index is 1.82. The molecule has 3 aromatic carbocycles. The average molecular weight is 473 g/mol. The summed E-state index contributed by atoms with van der Waals surface area (Å²) in [6.45, 7) is 2.94. The van der Waals surface area contributed by atoms with Crippen LogP contribution >= 0.6 is 15.9 Å². The molecule has 0 N–H and O–H groups in total. The summed E-state index contributed by atoms with van der Waals surface area (Å²) in [6, 6.07) is 25.0. The fraction of sp³-hybridized carbons (Fsp3) is 0.222. The number of aryl methyl sites for hydroxylation is 1. The van der Waals surface area contributed by atoms with Crippen LogP contribution < -0.4 is 0 Å². The van der Waals surface area contributed by atoms with Crippen LogP contribution in [0.5, 0.6) is 0 Å². The number of benzene rings is 3. The van der Waals surface area contributed by atoms with Crippen molar-refractivity contribution < 1.29 is 4.79 Å². The average Bonchev–Trinajstić information content (AvgIpc) is 3.24. The molecule has 1 aliphatic rings. The number of halogens is 1. The van der Waals surface area contributed by atoms with Crippen molar-refractivity contribution in [3.8, 4) is 11.3 Å². The number of hydrogen-bond donors (Lipinski definition) is 0. The second-order valence-electron chi connectivity index (χ2n) is 8.19. The van der Waals surface area contributed by atoms with E-state index in [9.17, 15) is 4.79 Å². The Kier molecular flexibility index (Phi) is 5.19. The lowest BCUT2D eigenvalue weighted by molar-refractivity contribution is 0.0748. The van der Waals surface area contributed by atoms with Crippen molar-refractivity contribution in [2.75, 3.05) is 6.54 Å². The van der Waals surface area contributed by atoms with Gasteiger partial charge in [0.2, 0.25) is 0 Å². The maximum Gasteiger partial charge on any atom is 0.255 e. The number of unbranched alkanes of at least 4 members (excludes halogenated alkanes) is 1. The van der Waals surface area contributed by atoms with E-state index in [1.54, 1.807) is 0 Å². The summed E-state index contributed by atoms with van der Waals surface area (Å²) in [5.41, 5.74) is 6.67. The van der Waals surface area contributed by atoms with Gasteiger partial charge in [-0.2, -0.15) is 0 Å². The van der Waals surface area contributed by atoms with E-state index in [1.807, 2.05) is 18.2 Å². The van der Waals surface area contributed by atoms with Crippen LogP contribution in [0.3, 0.4) is 0 Å². The Morgan fingerprint density at radius 3 is 2.42 bits per heavy atom. The highest BCUT2D eigenvalue weighted by molar-refractivity contribution is 9.10. The molecule has 0 radical (unpaired) electrons. The molecular weight excluding hydrogens is 448 g/mol. The predicted octanol–water partition coefficient (Wildman–Crippen LogP) is 6.95. The first-order valence-corrected chi connectivity index (χ1v) is 11.6. The number of carbonyl (C=O) groups excluding carboxylic acids is 1. The fourth-order valence-electron chi connectivity index (χ4n) is 4.90. The fourth-order valence-corrected chi connectivity index (χ4v) is 5.16. The summed E-state index contributed by atoms with van der Waals surface area (Å²) in [5, 5.41) is 1.21. The molecule has 0 saturated carbocycles.